The predicted molar refractivity (Wildman–Crippen MR) is 42.6 cm³/mol. The fraction of sp³-hybridized carbons (Fsp3) is 0.500. The van der Waals surface area contributed by atoms with Crippen LogP contribution in [0.2, 0.25) is 0 Å². The molecule has 0 aliphatic carbocycles. The summed E-state index contributed by atoms with van der Waals surface area (Å²) in [5.41, 5.74) is 0. The van der Waals surface area contributed by atoms with E-state index in [0.717, 1.165) is 6.08 Å². The Morgan fingerprint density at radius 2 is 2.17 bits per heavy atom. The molecule has 0 saturated heterocycles. The molecular formula is C8H12O4. The van der Waals surface area contributed by atoms with E-state index in [1.165, 1.54) is 13.2 Å². The van der Waals surface area contributed by atoms with Crippen LogP contribution < -0.4 is 0 Å². The van der Waals surface area contributed by atoms with E-state index >= 15 is 0 Å². The lowest BCUT2D eigenvalue weighted by Gasteiger charge is -1.94. The van der Waals surface area contributed by atoms with Gasteiger partial charge in [-0.15, -0.1) is 0 Å². The average Bonchev–Trinajstić information content (AvgIpc) is 2.03. The molecule has 0 saturated carbocycles. The number of unbranched alkanes of at least 4 members (excludes halogenated alkanes) is 1. The van der Waals surface area contributed by atoms with Crippen LogP contribution in [-0.4, -0.2) is 24.2 Å². The van der Waals surface area contributed by atoms with Crippen LogP contribution in [0.3, 0.4) is 0 Å². The van der Waals surface area contributed by atoms with Gasteiger partial charge in [0.2, 0.25) is 0 Å². The SMILES string of the molecule is COC(=O)CCC/C=C/C(=O)O. The summed E-state index contributed by atoms with van der Waals surface area (Å²) in [6.45, 7) is 0. The summed E-state index contributed by atoms with van der Waals surface area (Å²) in [5, 5.41) is 8.19. The van der Waals surface area contributed by atoms with Gasteiger partial charge in [-0.1, -0.05) is 6.08 Å². The summed E-state index contributed by atoms with van der Waals surface area (Å²) in [7, 11) is 1.33. The Balaban J connectivity index is 3.33. The maximum absolute atomic E-state index is 10.5. The zero-order chi connectivity index (χ0) is 9.40. The molecule has 0 aromatic carbocycles. The molecule has 12 heavy (non-hydrogen) atoms. The third-order valence-electron chi connectivity index (χ3n) is 1.24. The highest BCUT2D eigenvalue weighted by Gasteiger charge is 1.96. The number of methoxy groups -OCH3 is 1. The Morgan fingerprint density at radius 3 is 2.67 bits per heavy atom. The zero-order valence-corrected chi connectivity index (χ0v) is 6.95. The Hall–Kier alpha value is -1.32. The van der Waals surface area contributed by atoms with Crippen molar-refractivity contribution >= 4 is 11.9 Å². The molecule has 0 aromatic rings. The van der Waals surface area contributed by atoms with Gasteiger partial charge >= 0.3 is 11.9 Å². The van der Waals surface area contributed by atoms with E-state index in [0.29, 0.717) is 19.3 Å². The van der Waals surface area contributed by atoms with Crippen LogP contribution in [0, 0.1) is 0 Å². The highest BCUT2D eigenvalue weighted by Crippen LogP contribution is 1.97. The first-order chi connectivity index (χ1) is 5.66. The molecule has 0 radical (unpaired) electrons. The van der Waals surface area contributed by atoms with Crippen molar-refractivity contribution in [3.8, 4) is 0 Å². The Bertz CT molecular complexity index is 183. The van der Waals surface area contributed by atoms with Crippen LogP contribution in [0.15, 0.2) is 12.2 Å². The lowest BCUT2D eigenvalue weighted by atomic mass is 10.2. The zero-order valence-electron chi connectivity index (χ0n) is 6.95. The number of carbonyl (C=O) groups excluding carboxylic acids is 1. The van der Waals surface area contributed by atoms with E-state index < -0.39 is 5.97 Å². The molecule has 0 amide bonds. The maximum Gasteiger partial charge on any atom is 0.327 e. The topological polar surface area (TPSA) is 63.6 Å². The molecule has 0 heterocycles. The quantitative estimate of drug-likeness (QED) is 0.381. The van der Waals surface area contributed by atoms with Crippen molar-refractivity contribution < 1.29 is 19.4 Å². The van der Waals surface area contributed by atoms with Gasteiger partial charge in [0.1, 0.15) is 0 Å². The number of ether oxygens (including phenoxy) is 1. The number of aliphatic carboxylic acids is 1. The van der Waals surface area contributed by atoms with E-state index in [1.54, 1.807) is 0 Å². The first kappa shape index (κ1) is 10.7. The number of carboxylic acids is 1. The second-order valence-corrected chi connectivity index (χ2v) is 2.21. The van der Waals surface area contributed by atoms with Crippen LogP contribution in [0.4, 0.5) is 0 Å². The van der Waals surface area contributed by atoms with E-state index in [-0.39, 0.29) is 5.97 Å². The molecule has 0 aliphatic heterocycles. The fourth-order valence-corrected chi connectivity index (χ4v) is 0.650. The Kier molecular flexibility index (Phi) is 5.69. The van der Waals surface area contributed by atoms with Crippen molar-refractivity contribution in [3.05, 3.63) is 12.2 Å². The standard InChI is InChI=1S/C8H12O4/c1-12-8(11)6-4-2-3-5-7(9)10/h3,5H,2,4,6H2,1H3,(H,9,10)/b5-3+. The van der Waals surface area contributed by atoms with Crippen molar-refractivity contribution in [1.29, 1.82) is 0 Å². The van der Waals surface area contributed by atoms with E-state index in [2.05, 4.69) is 4.74 Å². The smallest absolute Gasteiger partial charge is 0.327 e. The molecule has 0 atom stereocenters. The normalized spacial score (nSPS) is 10.1. The number of hydrogen-bond donors (Lipinski definition) is 1. The Morgan fingerprint density at radius 1 is 1.50 bits per heavy atom. The number of carbonyl (C=O) groups is 2. The third-order valence-corrected chi connectivity index (χ3v) is 1.24. The fourth-order valence-electron chi connectivity index (χ4n) is 0.650. The van der Waals surface area contributed by atoms with Crippen LogP contribution in [-0.2, 0) is 14.3 Å². The predicted octanol–water partition coefficient (Wildman–Crippen LogP) is 0.970. The number of hydrogen-bond acceptors (Lipinski definition) is 3. The van der Waals surface area contributed by atoms with Gasteiger partial charge in [0.15, 0.2) is 0 Å². The number of allylic oxidation sites excluding steroid dienone is 1. The van der Waals surface area contributed by atoms with Gasteiger partial charge in [-0.2, -0.15) is 0 Å². The molecular weight excluding hydrogens is 160 g/mol. The maximum atomic E-state index is 10.5. The van der Waals surface area contributed by atoms with Crippen LogP contribution in [0.25, 0.3) is 0 Å². The van der Waals surface area contributed by atoms with Crippen LogP contribution in [0.1, 0.15) is 19.3 Å². The highest BCUT2D eigenvalue weighted by atomic mass is 16.5. The molecule has 0 bridgehead atoms. The van der Waals surface area contributed by atoms with Gasteiger partial charge in [0.25, 0.3) is 0 Å². The van der Waals surface area contributed by atoms with E-state index in [4.69, 9.17) is 5.11 Å². The minimum Gasteiger partial charge on any atom is -0.478 e. The van der Waals surface area contributed by atoms with E-state index in [9.17, 15) is 9.59 Å². The van der Waals surface area contributed by atoms with Gasteiger partial charge in [-0.05, 0) is 12.8 Å². The first-order valence-electron chi connectivity index (χ1n) is 3.63. The minimum absolute atomic E-state index is 0.265. The van der Waals surface area contributed by atoms with Gasteiger partial charge in [0, 0.05) is 12.5 Å². The summed E-state index contributed by atoms with van der Waals surface area (Å²) >= 11 is 0. The van der Waals surface area contributed by atoms with Crippen molar-refractivity contribution in [2.75, 3.05) is 7.11 Å². The van der Waals surface area contributed by atoms with Crippen molar-refractivity contribution in [1.82, 2.24) is 0 Å². The molecule has 4 nitrogen and oxygen atoms in total. The summed E-state index contributed by atoms with van der Waals surface area (Å²) < 4.78 is 4.40. The summed E-state index contributed by atoms with van der Waals surface area (Å²) in [5.74, 6) is -1.23. The average molecular weight is 172 g/mol. The summed E-state index contributed by atoms with van der Waals surface area (Å²) in [4.78, 5) is 20.5. The summed E-state index contributed by atoms with van der Waals surface area (Å²) in [6.07, 6.45) is 4.13. The van der Waals surface area contributed by atoms with Crippen LogP contribution >= 0.6 is 0 Å². The lowest BCUT2D eigenvalue weighted by Crippen LogP contribution is -1.98. The van der Waals surface area contributed by atoms with Gasteiger partial charge in [0.05, 0.1) is 7.11 Å². The minimum atomic E-state index is -0.965. The second-order valence-electron chi connectivity index (χ2n) is 2.21. The second kappa shape index (κ2) is 6.39. The monoisotopic (exact) mass is 172 g/mol. The molecule has 0 aliphatic rings. The number of esters is 1. The molecule has 0 fully saturated rings. The third kappa shape index (κ3) is 6.80. The molecule has 0 spiro atoms. The summed E-state index contributed by atoms with van der Waals surface area (Å²) in [6, 6.07) is 0. The van der Waals surface area contributed by atoms with Crippen LogP contribution in [0.5, 0.6) is 0 Å². The van der Waals surface area contributed by atoms with Crippen molar-refractivity contribution in [3.63, 3.8) is 0 Å². The largest absolute Gasteiger partial charge is 0.478 e. The lowest BCUT2D eigenvalue weighted by molar-refractivity contribution is -0.140. The number of carboxylic acid groups (broad SMARTS) is 1. The molecule has 0 unspecified atom stereocenters. The molecule has 0 aromatic heterocycles. The highest BCUT2D eigenvalue weighted by molar-refractivity contribution is 5.79. The van der Waals surface area contributed by atoms with E-state index in [1.807, 2.05) is 0 Å². The first-order valence-corrected chi connectivity index (χ1v) is 3.63. The van der Waals surface area contributed by atoms with Gasteiger partial charge < -0.3 is 9.84 Å². The Labute approximate surface area is 70.8 Å². The molecule has 68 valence electrons. The molecule has 1 N–H and O–H groups in total. The van der Waals surface area contributed by atoms with Crippen molar-refractivity contribution in [2.24, 2.45) is 0 Å². The van der Waals surface area contributed by atoms with Gasteiger partial charge in [-0.3, -0.25) is 4.79 Å². The number of rotatable bonds is 5. The van der Waals surface area contributed by atoms with Gasteiger partial charge in [-0.25, -0.2) is 4.79 Å². The molecule has 0 rings (SSSR count). The molecule has 4 heteroatoms. The van der Waals surface area contributed by atoms with Crippen molar-refractivity contribution in [2.45, 2.75) is 19.3 Å².